The molecule has 0 saturated carbocycles. The summed E-state index contributed by atoms with van der Waals surface area (Å²) in [6, 6.07) is 0.480. The number of rotatable bonds is 4. The molecule has 5 rings (SSSR count). The lowest BCUT2D eigenvalue weighted by atomic mass is 10.0. The normalized spacial score (nSPS) is 23.5. The average molecular weight is 741 g/mol. The fraction of sp³-hybridized carbons (Fsp3) is 0.583. The number of carbonyl (C=O) groups excluding carboxylic acids is 4. The molecule has 3 N–H and O–H groups in total. The Balaban J connectivity index is 1.42. The van der Waals surface area contributed by atoms with Crippen molar-refractivity contribution in [1.82, 2.24) is 40.4 Å². The predicted molar refractivity (Wildman–Crippen MR) is 191 cm³/mol. The summed E-state index contributed by atoms with van der Waals surface area (Å²) in [7, 11) is 1.53. The van der Waals surface area contributed by atoms with E-state index in [-0.39, 0.29) is 55.6 Å². The Morgan fingerprint density at radius 2 is 1.85 bits per heavy atom. The van der Waals surface area contributed by atoms with E-state index in [4.69, 9.17) is 4.74 Å². The molecular formula is C36H49FN8O6S. The Bertz CT molecular complexity index is 1670. The van der Waals surface area contributed by atoms with Crippen LogP contribution < -0.4 is 15.4 Å². The molecule has 0 unspecified atom stereocenters. The van der Waals surface area contributed by atoms with Crippen LogP contribution in [0.1, 0.15) is 87.0 Å². The first-order chi connectivity index (χ1) is 25.0. The molecule has 4 heterocycles. The SMILES string of the molecule is CC(C)C[C@H]1NC(=O)c2ccc(F)cc2OCc2cn(nn2)CCCCCCCCNC(=O)[C@H](Cc2cscn2)N(C)C(=O)[C@H]2C[C@H](O)CN2C1=O. The zero-order chi connectivity index (χ0) is 37.2. The zero-order valence-electron chi connectivity index (χ0n) is 30.0. The second-order valence-electron chi connectivity index (χ2n) is 14.0. The van der Waals surface area contributed by atoms with Gasteiger partial charge >= 0.3 is 0 Å². The van der Waals surface area contributed by atoms with Gasteiger partial charge in [0.2, 0.25) is 17.7 Å². The third-order valence-corrected chi connectivity index (χ3v) is 10.1. The van der Waals surface area contributed by atoms with E-state index in [1.165, 1.54) is 34.3 Å². The summed E-state index contributed by atoms with van der Waals surface area (Å²) in [6.07, 6.45) is 6.79. The van der Waals surface area contributed by atoms with Crippen LogP contribution in [0.2, 0.25) is 0 Å². The topological polar surface area (TPSA) is 172 Å². The number of thiazole rings is 1. The zero-order valence-corrected chi connectivity index (χ0v) is 30.8. The van der Waals surface area contributed by atoms with Crippen LogP contribution in [0.25, 0.3) is 0 Å². The molecule has 2 aliphatic heterocycles. The second-order valence-corrected chi connectivity index (χ2v) is 14.7. The van der Waals surface area contributed by atoms with Gasteiger partial charge in [-0.2, -0.15) is 0 Å². The van der Waals surface area contributed by atoms with Gasteiger partial charge in [-0.3, -0.25) is 23.9 Å². The smallest absolute Gasteiger partial charge is 0.255 e. The van der Waals surface area contributed by atoms with Crippen LogP contribution in [-0.4, -0.2) is 103 Å². The molecule has 1 saturated heterocycles. The van der Waals surface area contributed by atoms with E-state index >= 15 is 0 Å². The first kappa shape index (κ1) is 38.8. The Hall–Kier alpha value is -4.44. The third-order valence-electron chi connectivity index (χ3n) is 9.42. The number of aliphatic hydroxyl groups excluding tert-OH is 1. The number of benzene rings is 1. The Labute approximate surface area is 307 Å². The van der Waals surface area contributed by atoms with E-state index in [0.29, 0.717) is 24.5 Å². The van der Waals surface area contributed by atoms with E-state index in [9.17, 15) is 28.7 Å². The molecular weight excluding hydrogens is 692 g/mol. The largest absolute Gasteiger partial charge is 0.486 e. The number of likely N-dealkylation sites (N-methyl/N-ethyl adjacent to an activating group) is 1. The van der Waals surface area contributed by atoms with Crippen molar-refractivity contribution < 1.29 is 33.4 Å². The van der Waals surface area contributed by atoms with Crippen molar-refractivity contribution in [1.29, 1.82) is 0 Å². The van der Waals surface area contributed by atoms with E-state index in [0.717, 1.165) is 50.7 Å². The molecule has 52 heavy (non-hydrogen) atoms. The summed E-state index contributed by atoms with van der Waals surface area (Å²) in [5.74, 6) is -2.72. The number of nitrogens with one attached hydrogen (secondary N) is 2. The van der Waals surface area contributed by atoms with Gasteiger partial charge in [-0.25, -0.2) is 9.37 Å². The van der Waals surface area contributed by atoms with E-state index in [1.807, 2.05) is 19.2 Å². The van der Waals surface area contributed by atoms with Gasteiger partial charge in [0.25, 0.3) is 5.91 Å². The van der Waals surface area contributed by atoms with Crippen LogP contribution in [0.4, 0.5) is 4.39 Å². The lowest BCUT2D eigenvalue weighted by Crippen LogP contribution is -2.57. The Morgan fingerprint density at radius 3 is 2.60 bits per heavy atom. The summed E-state index contributed by atoms with van der Waals surface area (Å²) >= 11 is 1.39. The van der Waals surface area contributed by atoms with Crippen molar-refractivity contribution in [2.75, 3.05) is 20.1 Å². The number of halogens is 1. The third kappa shape index (κ3) is 10.3. The van der Waals surface area contributed by atoms with Gasteiger partial charge in [0.15, 0.2) is 0 Å². The average Bonchev–Trinajstić information content (AvgIpc) is 3.89. The van der Waals surface area contributed by atoms with E-state index in [2.05, 4.69) is 25.9 Å². The van der Waals surface area contributed by atoms with Crippen molar-refractivity contribution in [2.45, 2.75) is 109 Å². The van der Waals surface area contributed by atoms with Crippen molar-refractivity contribution in [3.63, 3.8) is 0 Å². The van der Waals surface area contributed by atoms with Gasteiger partial charge in [0, 0.05) is 51.0 Å². The minimum absolute atomic E-state index is 0.0153. The number of hydrogen-bond donors (Lipinski definition) is 3. The van der Waals surface area contributed by atoms with E-state index in [1.54, 1.807) is 16.4 Å². The van der Waals surface area contributed by atoms with Gasteiger partial charge < -0.3 is 30.3 Å². The molecule has 0 spiro atoms. The molecule has 16 heteroatoms. The summed E-state index contributed by atoms with van der Waals surface area (Å²) in [4.78, 5) is 62.7. The Morgan fingerprint density at radius 1 is 1.08 bits per heavy atom. The van der Waals surface area contributed by atoms with Crippen LogP contribution in [0, 0.1) is 11.7 Å². The maximum atomic E-state index is 14.4. The monoisotopic (exact) mass is 740 g/mol. The summed E-state index contributed by atoms with van der Waals surface area (Å²) in [5, 5.41) is 26.7. The molecule has 3 aromatic rings. The number of carbonyl (C=O) groups is 4. The van der Waals surface area contributed by atoms with Gasteiger partial charge in [0.1, 0.15) is 42.0 Å². The standard InChI is InChI=1S/C36H49FN8O6S/c1-23(2)14-29-35(49)45-19-27(46)17-31(45)36(50)43(3)30(16-25-21-52-22-39-25)34(48)38-12-8-6-4-5-7-9-13-44-18-26(41-42-44)20-51-32-15-24(37)10-11-28(32)33(47)40-29/h10-11,15,18,21-23,27,29-31,46H,4-9,12-14,16-17,19-20H2,1-3H3,(H,38,48)(H,40,47)/t27-,29+,30-,31+/m0/s1. The minimum atomic E-state index is -1.08. The highest BCUT2D eigenvalue weighted by molar-refractivity contribution is 7.07. The van der Waals surface area contributed by atoms with Crippen molar-refractivity contribution in [3.8, 4) is 5.75 Å². The van der Waals surface area contributed by atoms with Crippen LogP contribution in [0.15, 0.2) is 35.3 Å². The first-order valence-electron chi connectivity index (χ1n) is 18.0. The van der Waals surface area contributed by atoms with Crippen molar-refractivity contribution >= 4 is 35.0 Å². The summed E-state index contributed by atoms with van der Waals surface area (Å²) in [6.45, 7) is 4.74. The van der Waals surface area contributed by atoms with Crippen molar-refractivity contribution in [3.05, 3.63) is 58.1 Å². The number of aromatic nitrogens is 4. The highest BCUT2D eigenvalue weighted by Gasteiger charge is 2.44. The number of nitrogens with zero attached hydrogens (tertiary/aromatic N) is 6. The molecule has 282 valence electrons. The fourth-order valence-electron chi connectivity index (χ4n) is 6.66. The number of amides is 4. The Kier molecular flexibility index (Phi) is 13.7. The fourth-order valence-corrected chi connectivity index (χ4v) is 7.23. The van der Waals surface area contributed by atoms with Crippen LogP contribution >= 0.6 is 11.3 Å². The van der Waals surface area contributed by atoms with Gasteiger partial charge in [0.05, 0.1) is 29.1 Å². The molecule has 2 bridgehead atoms. The number of aliphatic hydroxyl groups is 1. The van der Waals surface area contributed by atoms with Crippen molar-refractivity contribution in [2.24, 2.45) is 5.92 Å². The second kappa shape index (κ2) is 18.4. The lowest BCUT2D eigenvalue weighted by Gasteiger charge is -2.34. The highest BCUT2D eigenvalue weighted by Crippen LogP contribution is 2.26. The minimum Gasteiger partial charge on any atom is -0.486 e. The molecule has 0 radical (unpaired) electrons. The van der Waals surface area contributed by atoms with Gasteiger partial charge in [-0.05, 0) is 37.3 Å². The predicted octanol–water partition coefficient (Wildman–Crippen LogP) is 3.10. The molecule has 2 aliphatic rings. The number of fused-ring (bicyclic) bond motifs is 4. The molecule has 0 aliphatic carbocycles. The molecule has 2 aromatic heterocycles. The highest BCUT2D eigenvalue weighted by atomic mass is 32.1. The maximum Gasteiger partial charge on any atom is 0.255 e. The molecule has 1 aromatic carbocycles. The van der Waals surface area contributed by atoms with Crippen LogP contribution in [0.3, 0.4) is 0 Å². The lowest BCUT2D eigenvalue weighted by molar-refractivity contribution is -0.147. The van der Waals surface area contributed by atoms with Crippen LogP contribution in [0.5, 0.6) is 5.75 Å². The van der Waals surface area contributed by atoms with E-state index < -0.39 is 47.8 Å². The first-order valence-corrected chi connectivity index (χ1v) is 19.0. The van der Waals surface area contributed by atoms with Crippen LogP contribution in [-0.2, 0) is 34.0 Å². The quantitative estimate of drug-likeness (QED) is 0.364. The maximum absolute atomic E-state index is 14.4. The number of hydrogen-bond acceptors (Lipinski definition) is 10. The number of ether oxygens (including phenoxy) is 1. The molecule has 14 nitrogen and oxygen atoms in total. The molecule has 4 amide bonds. The van der Waals surface area contributed by atoms with Gasteiger partial charge in [-0.15, -0.1) is 16.4 Å². The van der Waals surface area contributed by atoms with Gasteiger partial charge in [-0.1, -0.05) is 44.7 Å². The summed E-state index contributed by atoms with van der Waals surface area (Å²) < 4.78 is 22.0. The molecule has 4 atom stereocenters. The number of aryl methyl sites for hydroxylation is 1. The summed E-state index contributed by atoms with van der Waals surface area (Å²) in [5.41, 5.74) is 2.85. The molecule has 1 fully saturated rings.